The lowest BCUT2D eigenvalue weighted by atomic mass is 9.88. The highest BCUT2D eigenvalue weighted by atomic mass is 32.2. The number of hydrogen-bond donors (Lipinski definition) is 1. The minimum absolute atomic E-state index is 0.0786. The van der Waals surface area contributed by atoms with E-state index in [9.17, 15) is 22.0 Å². The van der Waals surface area contributed by atoms with E-state index in [-0.39, 0.29) is 11.5 Å². The van der Waals surface area contributed by atoms with Gasteiger partial charge in [0.15, 0.2) is 0 Å². The van der Waals surface area contributed by atoms with E-state index >= 15 is 0 Å². The first-order valence-corrected chi connectivity index (χ1v) is 12.1. The van der Waals surface area contributed by atoms with Crippen LogP contribution in [0.25, 0.3) is 11.1 Å². The first-order valence-electron chi connectivity index (χ1n) is 10.4. The van der Waals surface area contributed by atoms with E-state index in [2.05, 4.69) is 0 Å². The van der Waals surface area contributed by atoms with Gasteiger partial charge in [0.1, 0.15) is 23.4 Å². The number of carbonyl (C=O) groups is 1. The third-order valence-corrected chi connectivity index (χ3v) is 5.95. The molecule has 0 aliphatic carbocycles. The van der Waals surface area contributed by atoms with E-state index in [4.69, 9.17) is 19.3 Å². The van der Waals surface area contributed by atoms with E-state index in [1.54, 1.807) is 62.6 Å². The SMILES string of the molecule is CN(C)C(=O)Oc1cccc(C2Oc3cccc(OC(F)F)c3-c3ccc(CS(N)(=O)=O)cc32)c1. The van der Waals surface area contributed by atoms with Crippen LogP contribution in [0.4, 0.5) is 13.6 Å². The number of halogens is 2. The Bertz CT molecular complexity index is 1380. The van der Waals surface area contributed by atoms with Gasteiger partial charge in [-0.25, -0.2) is 18.4 Å². The topological polar surface area (TPSA) is 108 Å². The number of amides is 1. The van der Waals surface area contributed by atoms with Crippen molar-refractivity contribution in [1.82, 2.24) is 4.90 Å². The predicted octanol–water partition coefficient (Wildman–Crippen LogP) is 4.29. The lowest BCUT2D eigenvalue weighted by Crippen LogP contribution is -2.25. The molecule has 0 bridgehead atoms. The summed E-state index contributed by atoms with van der Waals surface area (Å²) in [5, 5.41) is 5.22. The molecule has 0 aromatic heterocycles. The molecule has 0 fully saturated rings. The van der Waals surface area contributed by atoms with Crippen molar-refractivity contribution in [3.8, 4) is 28.4 Å². The number of nitrogens with two attached hydrogens (primary N) is 1. The van der Waals surface area contributed by atoms with E-state index < -0.39 is 34.6 Å². The van der Waals surface area contributed by atoms with Crippen LogP contribution >= 0.6 is 0 Å². The van der Waals surface area contributed by atoms with Gasteiger partial charge in [-0.3, -0.25) is 0 Å². The van der Waals surface area contributed by atoms with Gasteiger partial charge in [0.05, 0.1) is 11.3 Å². The number of hydrogen-bond acceptors (Lipinski definition) is 6. The number of fused-ring (bicyclic) bond motifs is 3. The van der Waals surface area contributed by atoms with Gasteiger partial charge in [-0.15, -0.1) is 0 Å². The summed E-state index contributed by atoms with van der Waals surface area (Å²) in [7, 11) is -0.723. The Kier molecular flexibility index (Phi) is 6.64. The van der Waals surface area contributed by atoms with E-state index in [1.165, 1.54) is 17.0 Å². The number of rotatable bonds is 6. The number of primary sulfonamides is 1. The lowest BCUT2D eigenvalue weighted by molar-refractivity contribution is -0.0496. The van der Waals surface area contributed by atoms with Gasteiger partial charge < -0.3 is 19.1 Å². The van der Waals surface area contributed by atoms with Crippen LogP contribution in [-0.2, 0) is 15.8 Å². The summed E-state index contributed by atoms with van der Waals surface area (Å²) < 4.78 is 65.8. The summed E-state index contributed by atoms with van der Waals surface area (Å²) in [5.41, 5.74) is 2.34. The average Bonchev–Trinajstić information content (AvgIpc) is 2.77. The molecule has 1 amide bonds. The fourth-order valence-corrected chi connectivity index (χ4v) is 4.46. The molecule has 11 heteroatoms. The van der Waals surface area contributed by atoms with Crippen LogP contribution in [0, 0.1) is 0 Å². The third kappa shape index (κ3) is 5.52. The Morgan fingerprint density at radius 3 is 2.54 bits per heavy atom. The normalized spacial score (nSPS) is 14.5. The summed E-state index contributed by atoms with van der Waals surface area (Å²) in [6.07, 6.45) is -1.33. The Morgan fingerprint density at radius 2 is 1.86 bits per heavy atom. The quantitative estimate of drug-likeness (QED) is 0.537. The second-order valence-electron chi connectivity index (χ2n) is 8.07. The molecular weight excluding hydrogens is 482 g/mol. The van der Waals surface area contributed by atoms with Crippen LogP contribution in [0.15, 0.2) is 60.7 Å². The van der Waals surface area contributed by atoms with Gasteiger partial charge >= 0.3 is 12.7 Å². The number of carbonyl (C=O) groups excluding carboxylic acids is 1. The van der Waals surface area contributed by atoms with Crippen molar-refractivity contribution in [2.24, 2.45) is 5.14 Å². The molecule has 3 aromatic rings. The van der Waals surface area contributed by atoms with Crippen LogP contribution in [0.1, 0.15) is 22.8 Å². The molecule has 0 saturated carbocycles. The molecule has 0 radical (unpaired) electrons. The minimum Gasteiger partial charge on any atom is -0.480 e. The average molecular weight is 505 g/mol. The standard InChI is InChI=1S/C24H22F2N2O6S/c1-28(2)24(29)32-16-6-3-5-15(12-16)22-18-11-14(13-35(27,30)31)9-10-17(18)21-19(33-22)7-4-8-20(21)34-23(25)26/h3-12,22-23H,13H2,1-2H3,(H2,27,30,31). The van der Waals surface area contributed by atoms with Crippen molar-refractivity contribution in [3.05, 3.63) is 77.4 Å². The summed E-state index contributed by atoms with van der Waals surface area (Å²) in [6, 6.07) is 16.0. The van der Waals surface area contributed by atoms with Crippen molar-refractivity contribution in [3.63, 3.8) is 0 Å². The number of benzene rings is 3. The lowest BCUT2D eigenvalue weighted by Gasteiger charge is -2.31. The molecule has 4 rings (SSSR count). The molecule has 0 spiro atoms. The summed E-state index contributed by atoms with van der Waals surface area (Å²) >= 11 is 0. The monoisotopic (exact) mass is 504 g/mol. The smallest absolute Gasteiger partial charge is 0.414 e. The zero-order valence-corrected chi connectivity index (χ0v) is 19.6. The molecule has 1 aliphatic rings. The fraction of sp³-hybridized carbons (Fsp3) is 0.208. The van der Waals surface area contributed by atoms with E-state index in [0.717, 1.165) is 0 Å². The maximum Gasteiger partial charge on any atom is 0.414 e. The molecule has 1 unspecified atom stereocenters. The van der Waals surface area contributed by atoms with Crippen molar-refractivity contribution >= 4 is 16.1 Å². The maximum atomic E-state index is 13.1. The van der Waals surface area contributed by atoms with Crippen molar-refractivity contribution in [2.75, 3.05) is 14.1 Å². The van der Waals surface area contributed by atoms with Crippen LogP contribution in [-0.4, -0.2) is 40.1 Å². The highest BCUT2D eigenvalue weighted by Gasteiger charge is 2.31. The van der Waals surface area contributed by atoms with Crippen LogP contribution < -0.4 is 19.3 Å². The molecular formula is C24H22F2N2O6S. The number of nitrogens with zero attached hydrogens (tertiary/aromatic N) is 1. The minimum atomic E-state index is -3.83. The van der Waals surface area contributed by atoms with Crippen LogP contribution in [0.2, 0.25) is 0 Å². The molecule has 8 nitrogen and oxygen atoms in total. The van der Waals surface area contributed by atoms with Gasteiger partial charge in [-0.2, -0.15) is 8.78 Å². The Balaban J connectivity index is 1.84. The molecule has 2 N–H and O–H groups in total. The zero-order valence-electron chi connectivity index (χ0n) is 18.8. The van der Waals surface area contributed by atoms with Gasteiger partial charge in [0.2, 0.25) is 10.0 Å². The van der Waals surface area contributed by atoms with E-state index in [1.807, 2.05) is 0 Å². The van der Waals surface area contributed by atoms with Gasteiger partial charge in [0.25, 0.3) is 0 Å². The molecule has 0 saturated heterocycles. The van der Waals surface area contributed by atoms with Crippen molar-refractivity contribution in [2.45, 2.75) is 18.5 Å². The Labute approximate surface area is 200 Å². The number of ether oxygens (including phenoxy) is 3. The second kappa shape index (κ2) is 9.51. The van der Waals surface area contributed by atoms with Gasteiger partial charge in [0, 0.05) is 25.2 Å². The molecule has 1 aliphatic heterocycles. The second-order valence-corrected chi connectivity index (χ2v) is 9.68. The van der Waals surface area contributed by atoms with Gasteiger partial charge in [-0.1, -0.05) is 36.4 Å². The number of alkyl halides is 2. The van der Waals surface area contributed by atoms with E-state index in [0.29, 0.717) is 33.6 Å². The van der Waals surface area contributed by atoms with Gasteiger partial charge in [-0.05, 0) is 35.4 Å². The molecule has 1 heterocycles. The first-order chi connectivity index (χ1) is 16.5. The molecule has 1 atom stereocenters. The largest absolute Gasteiger partial charge is 0.480 e. The Morgan fingerprint density at radius 1 is 1.11 bits per heavy atom. The first kappa shape index (κ1) is 24.4. The van der Waals surface area contributed by atoms with Crippen LogP contribution in [0.3, 0.4) is 0 Å². The fourth-order valence-electron chi connectivity index (χ4n) is 3.82. The summed E-state index contributed by atoms with van der Waals surface area (Å²) in [5.74, 6) is 0.0726. The predicted molar refractivity (Wildman–Crippen MR) is 124 cm³/mol. The summed E-state index contributed by atoms with van der Waals surface area (Å²) in [6.45, 7) is -3.05. The molecule has 184 valence electrons. The van der Waals surface area contributed by atoms with Crippen LogP contribution in [0.5, 0.6) is 17.2 Å². The molecule has 3 aromatic carbocycles. The van der Waals surface area contributed by atoms with Crippen molar-refractivity contribution < 1.29 is 36.2 Å². The zero-order chi connectivity index (χ0) is 25.3. The number of sulfonamides is 1. The molecule has 35 heavy (non-hydrogen) atoms. The highest BCUT2D eigenvalue weighted by molar-refractivity contribution is 7.88. The highest BCUT2D eigenvalue weighted by Crippen LogP contribution is 2.49. The third-order valence-electron chi connectivity index (χ3n) is 5.22. The summed E-state index contributed by atoms with van der Waals surface area (Å²) in [4.78, 5) is 13.3. The Hall–Kier alpha value is -3.70. The van der Waals surface area contributed by atoms with Crippen molar-refractivity contribution in [1.29, 1.82) is 0 Å². The maximum absolute atomic E-state index is 13.1.